The number of fused-ring (bicyclic) bond motifs is 1. The van der Waals surface area contributed by atoms with E-state index in [1.807, 2.05) is 6.07 Å². The first-order valence-corrected chi connectivity index (χ1v) is 7.65. The molecule has 0 bridgehead atoms. The van der Waals surface area contributed by atoms with Crippen LogP contribution in [-0.2, 0) is 9.53 Å². The van der Waals surface area contributed by atoms with Crippen molar-refractivity contribution < 1.29 is 19.0 Å². The lowest BCUT2D eigenvalue weighted by atomic mass is 9.97. The van der Waals surface area contributed by atoms with Gasteiger partial charge in [-0.15, -0.1) is 0 Å². The van der Waals surface area contributed by atoms with Crippen molar-refractivity contribution in [1.82, 2.24) is 14.8 Å². The third-order valence-electron chi connectivity index (χ3n) is 3.85. The van der Waals surface area contributed by atoms with Gasteiger partial charge >= 0.3 is 5.97 Å². The van der Waals surface area contributed by atoms with Crippen LogP contribution in [0.15, 0.2) is 35.9 Å². The van der Waals surface area contributed by atoms with Crippen LogP contribution in [0.1, 0.15) is 18.5 Å². The van der Waals surface area contributed by atoms with Crippen molar-refractivity contribution in [1.29, 1.82) is 0 Å². The minimum atomic E-state index is -0.599. The molecule has 0 saturated heterocycles. The van der Waals surface area contributed by atoms with E-state index < -0.39 is 12.0 Å². The first kappa shape index (κ1) is 16.6. The molecule has 1 unspecified atom stereocenters. The number of carbonyl (C=O) groups excluding carboxylic acids is 1. The third kappa shape index (κ3) is 2.84. The molecule has 0 spiro atoms. The fraction of sp³-hybridized carbons (Fsp3) is 0.312. The average molecular weight is 345 g/mol. The Morgan fingerprint density at radius 1 is 1.32 bits per heavy atom. The number of nitrogens with one attached hydrogen (secondary N) is 1. The molecule has 0 fully saturated rings. The summed E-state index contributed by atoms with van der Waals surface area (Å²) in [5, 5.41) is 7.08. The Kier molecular flexibility index (Phi) is 4.46. The molecule has 25 heavy (non-hydrogen) atoms. The zero-order valence-electron chi connectivity index (χ0n) is 14.1. The number of benzene rings is 1. The number of hydrogen-bond acceptors (Lipinski definition) is 8. The van der Waals surface area contributed by atoms with Gasteiger partial charge in [0.05, 0.1) is 20.8 Å². The lowest BCUT2D eigenvalue weighted by Gasteiger charge is -2.28. The molecular weight excluding hydrogens is 326 g/mol. The summed E-state index contributed by atoms with van der Waals surface area (Å²) in [7, 11) is 3.10. The van der Waals surface area contributed by atoms with Crippen LogP contribution in [0, 0.1) is 0 Å². The molecule has 2 heterocycles. The number of esters is 1. The molecule has 9 nitrogen and oxygen atoms in total. The number of nitrogens with zero attached hydrogens (tertiary/aromatic N) is 3. The fourth-order valence-corrected chi connectivity index (χ4v) is 2.75. The normalized spacial score (nSPS) is 16.0. The Labute approximate surface area is 144 Å². The van der Waals surface area contributed by atoms with Gasteiger partial charge in [0, 0.05) is 0 Å². The SMILES string of the molecule is CCOC(=O)C1=C(N)Nc2ncnn2C1c1ccc(OC)c(OC)c1. The Morgan fingerprint density at radius 3 is 2.76 bits per heavy atom. The van der Waals surface area contributed by atoms with Crippen LogP contribution in [0.3, 0.4) is 0 Å². The van der Waals surface area contributed by atoms with Gasteiger partial charge in [-0.1, -0.05) is 6.07 Å². The van der Waals surface area contributed by atoms with Crippen LogP contribution in [0.5, 0.6) is 11.5 Å². The summed E-state index contributed by atoms with van der Waals surface area (Å²) >= 11 is 0. The van der Waals surface area contributed by atoms with Crippen LogP contribution in [0.2, 0.25) is 0 Å². The number of methoxy groups -OCH3 is 2. The van der Waals surface area contributed by atoms with E-state index in [9.17, 15) is 4.79 Å². The number of ether oxygens (including phenoxy) is 3. The van der Waals surface area contributed by atoms with Crippen molar-refractivity contribution in [2.75, 3.05) is 26.1 Å². The second-order valence-corrected chi connectivity index (χ2v) is 5.22. The summed E-state index contributed by atoms with van der Waals surface area (Å²) in [6, 6.07) is 4.74. The number of hydrogen-bond donors (Lipinski definition) is 2. The molecule has 132 valence electrons. The topological polar surface area (TPSA) is 114 Å². The third-order valence-corrected chi connectivity index (χ3v) is 3.85. The molecule has 0 saturated carbocycles. The molecule has 2 aromatic rings. The lowest BCUT2D eigenvalue weighted by molar-refractivity contribution is -0.139. The van der Waals surface area contributed by atoms with Crippen LogP contribution in [0.25, 0.3) is 0 Å². The van der Waals surface area contributed by atoms with Gasteiger partial charge in [0.1, 0.15) is 23.8 Å². The summed E-state index contributed by atoms with van der Waals surface area (Å²) in [6.45, 7) is 1.97. The molecular formula is C16H19N5O4. The quantitative estimate of drug-likeness (QED) is 0.773. The van der Waals surface area contributed by atoms with Crippen molar-refractivity contribution in [3.63, 3.8) is 0 Å². The summed E-state index contributed by atoms with van der Waals surface area (Å²) in [6.07, 6.45) is 1.39. The highest BCUT2D eigenvalue weighted by atomic mass is 16.5. The standard InChI is InChI=1S/C16H19N5O4/c1-4-25-15(22)12-13(21-16(18-8-19-21)20-14(12)17)9-5-6-10(23-2)11(7-9)24-3/h5-8,13H,4,17H2,1-3H3,(H,18,19,20). The van der Waals surface area contributed by atoms with E-state index in [0.717, 1.165) is 5.56 Å². The van der Waals surface area contributed by atoms with Crippen molar-refractivity contribution in [2.24, 2.45) is 5.73 Å². The monoisotopic (exact) mass is 345 g/mol. The van der Waals surface area contributed by atoms with E-state index in [2.05, 4.69) is 15.4 Å². The van der Waals surface area contributed by atoms with Gasteiger partial charge in [-0.3, -0.25) is 0 Å². The van der Waals surface area contributed by atoms with Gasteiger partial charge in [-0.25, -0.2) is 9.48 Å². The Balaban J connectivity index is 2.15. The molecule has 1 aromatic carbocycles. The predicted octanol–water partition coefficient (Wildman–Crippen LogP) is 1.04. The minimum absolute atomic E-state index is 0.179. The molecule has 9 heteroatoms. The van der Waals surface area contributed by atoms with E-state index in [1.54, 1.807) is 38.0 Å². The summed E-state index contributed by atoms with van der Waals surface area (Å²) in [5.41, 5.74) is 7.06. The lowest BCUT2D eigenvalue weighted by Crippen LogP contribution is -2.33. The van der Waals surface area contributed by atoms with Crippen molar-refractivity contribution in [2.45, 2.75) is 13.0 Å². The molecule has 1 aromatic heterocycles. The first-order chi connectivity index (χ1) is 12.1. The Hall–Kier alpha value is -3.23. The molecule has 0 radical (unpaired) electrons. The molecule has 3 rings (SSSR count). The summed E-state index contributed by atoms with van der Waals surface area (Å²) in [5.74, 6) is 1.20. The maximum Gasteiger partial charge on any atom is 0.340 e. The highest BCUT2D eigenvalue weighted by molar-refractivity contribution is 5.92. The molecule has 1 aliphatic rings. The second kappa shape index (κ2) is 6.71. The second-order valence-electron chi connectivity index (χ2n) is 5.22. The zero-order valence-corrected chi connectivity index (χ0v) is 14.1. The maximum absolute atomic E-state index is 12.5. The van der Waals surface area contributed by atoms with E-state index in [0.29, 0.717) is 17.4 Å². The van der Waals surface area contributed by atoms with Gasteiger partial charge in [0.25, 0.3) is 0 Å². The highest BCUT2D eigenvalue weighted by Gasteiger charge is 2.35. The zero-order chi connectivity index (χ0) is 18.0. The van der Waals surface area contributed by atoms with E-state index >= 15 is 0 Å². The maximum atomic E-state index is 12.5. The molecule has 1 aliphatic heterocycles. The number of anilines is 1. The van der Waals surface area contributed by atoms with E-state index in [4.69, 9.17) is 19.9 Å². The largest absolute Gasteiger partial charge is 0.493 e. The number of carbonyl (C=O) groups is 1. The van der Waals surface area contributed by atoms with Gasteiger partial charge in [-0.2, -0.15) is 10.1 Å². The molecule has 1 atom stereocenters. The predicted molar refractivity (Wildman–Crippen MR) is 89.2 cm³/mol. The van der Waals surface area contributed by atoms with Gasteiger partial charge in [0.15, 0.2) is 11.5 Å². The Morgan fingerprint density at radius 2 is 2.08 bits per heavy atom. The van der Waals surface area contributed by atoms with Crippen LogP contribution >= 0.6 is 0 Å². The van der Waals surface area contributed by atoms with E-state index in [1.165, 1.54) is 6.33 Å². The molecule has 0 aliphatic carbocycles. The highest BCUT2D eigenvalue weighted by Crippen LogP contribution is 2.37. The summed E-state index contributed by atoms with van der Waals surface area (Å²) < 4.78 is 17.4. The molecule has 3 N–H and O–H groups in total. The van der Waals surface area contributed by atoms with Gasteiger partial charge in [-0.05, 0) is 24.6 Å². The smallest absolute Gasteiger partial charge is 0.340 e. The van der Waals surface area contributed by atoms with Crippen LogP contribution in [0.4, 0.5) is 5.95 Å². The van der Waals surface area contributed by atoms with E-state index in [-0.39, 0.29) is 18.0 Å². The van der Waals surface area contributed by atoms with Crippen LogP contribution < -0.4 is 20.5 Å². The number of aromatic nitrogens is 3. The van der Waals surface area contributed by atoms with Gasteiger partial charge in [0.2, 0.25) is 5.95 Å². The van der Waals surface area contributed by atoms with Gasteiger partial charge < -0.3 is 25.3 Å². The van der Waals surface area contributed by atoms with Crippen molar-refractivity contribution in [3.8, 4) is 11.5 Å². The number of rotatable bonds is 5. The summed E-state index contributed by atoms with van der Waals surface area (Å²) in [4.78, 5) is 16.6. The van der Waals surface area contributed by atoms with Crippen molar-refractivity contribution in [3.05, 3.63) is 41.5 Å². The minimum Gasteiger partial charge on any atom is -0.493 e. The molecule has 0 amide bonds. The average Bonchev–Trinajstić information content (AvgIpc) is 3.07. The van der Waals surface area contributed by atoms with Crippen LogP contribution in [-0.4, -0.2) is 41.6 Å². The first-order valence-electron chi connectivity index (χ1n) is 7.65. The fourth-order valence-electron chi connectivity index (χ4n) is 2.75. The van der Waals surface area contributed by atoms with Crippen molar-refractivity contribution >= 4 is 11.9 Å². The Bertz CT molecular complexity index is 830. The number of nitrogens with two attached hydrogens (primary N) is 1.